The first-order valence-electron chi connectivity index (χ1n) is 8.36. The van der Waals surface area contributed by atoms with Gasteiger partial charge in [-0.2, -0.15) is 5.10 Å². The van der Waals surface area contributed by atoms with E-state index in [1.54, 1.807) is 23.9 Å². The lowest BCUT2D eigenvalue weighted by Crippen LogP contribution is -2.19. The van der Waals surface area contributed by atoms with Crippen LogP contribution in [0.3, 0.4) is 0 Å². The Morgan fingerprint density at radius 1 is 1.12 bits per heavy atom. The minimum absolute atomic E-state index is 0.00766. The lowest BCUT2D eigenvalue weighted by molar-refractivity contribution is 0.838. The number of hydrogen-bond acceptors (Lipinski definition) is 4. The number of aryl methyl sites for hydroxylation is 1. The molecule has 1 aromatic carbocycles. The molecule has 0 radical (unpaired) electrons. The molecule has 6 nitrogen and oxygen atoms in total. The molecular formula is C19H17N5O. The van der Waals surface area contributed by atoms with Gasteiger partial charge in [0.15, 0.2) is 0 Å². The summed E-state index contributed by atoms with van der Waals surface area (Å²) in [7, 11) is 1.80. The maximum Gasteiger partial charge on any atom is 0.261 e. The number of benzene rings is 1. The molecule has 1 aliphatic rings. The number of hydrogen-bond donors (Lipinski definition) is 1. The van der Waals surface area contributed by atoms with Crippen molar-refractivity contribution >= 4 is 22.4 Å². The molecule has 1 fully saturated rings. The van der Waals surface area contributed by atoms with Crippen LogP contribution in [-0.4, -0.2) is 19.2 Å². The fraction of sp³-hybridized carbons (Fsp3) is 0.211. The second-order valence-electron chi connectivity index (χ2n) is 6.68. The van der Waals surface area contributed by atoms with Crippen LogP contribution < -0.4 is 11.3 Å². The van der Waals surface area contributed by atoms with E-state index in [1.807, 2.05) is 34.8 Å². The molecule has 0 amide bonds. The molecule has 6 heteroatoms. The first-order chi connectivity index (χ1) is 12.1. The second kappa shape index (κ2) is 4.92. The van der Waals surface area contributed by atoms with Crippen LogP contribution in [0, 0.1) is 0 Å². The second-order valence-corrected chi connectivity index (χ2v) is 6.68. The van der Waals surface area contributed by atoms with Crippen molar-refractivity contribution in [1.82, 2.24) is 19.2 Å². The van der Waals surface area contributed by atoms with Crippen LogP contribution in [0.1, 0.15) is 24.5 Å². The van der Waals surface area contributed by atoms with Crippen molar-refractivity contribution < 1.29 is 0 Å². The third-order valence-electron chi connectivity index (χ3n) is 4.93. The predicted molar refractivity (Wildman–Crippen MR) is 97.6 cm³/mol. The number of fused-ring (bicyclic) bond motifs is 3. The molecule has 124 valence electrons. The maximum atomic E-state index is 12.7. The molecular weight excluding hydrogens is 314 g/mol. The first kappa shape index (κ1) is 14.2. The molecule has 2 N–H and O–H groups in total. The highest BCUT2D eigenvalue weighted by molar-refractivity contribution is 5.85. The quantitative estimate of drug-likeness (QED) is 0.612. The Bertz CT molecular complexity index is 1180. The van der Waals surface area contributed by atoms with Gasteiger partial charge in [0.05, 0.1) is 16.6 Å². The van der Waals surface area contributed by atoms with E-state index in [4.69, 9.17) is 10.8 Å². The Morgan fingerprint density at radius 3 is 2.64 bits per heavy atom. The zero-order chi connectivity index (χ0) is 17.1. The zero-order valence-electron chi connectivity index (χ0n) is 13.8. The minimum atomic E-state index is -0.00766. The van der Waals surface area contributed by atoms with Gasteiger partial charge in [-0.3, -0.25) is 9.36 Å². The smallest absolute Gasteiger partial charge is 0.261 e. The van der Waals surface area contributed by atoms with Gasteiger partial charge >= 0.3 is 0 Å². The lowest BCUT2D eigenvalue weighted by Gasteiger charge is -2.08. The Hall–Kier alpha value is -3.15. The Morgan fingerprint density at radius 2 is 1.92 bits per heavy atom. The van der Waals surface area contributed by atoms with Gasteiger partial charge < -0.3 is 5.73 Å². The fourth-order valence-corrected chi connectivity index (χ4v) is 3.31. The van der Waals surface area contributed by atoms with Gasteiger partial charge in [0, 0.05) is 30.8 Å². The van der Waals surface area contributed by atoms with Crippen molar-refractivity contribution in [2.75, 3.05) is 5.73 Å². The molecule has 0 atom stereocenters. The molecule has 0 unspecified atom stereocenters. The first-order valence-corrected chi connectivity index (χ1v) is 8.36. The van der Waals surface area contributed by atoms with Crippen LogP contribution in [0.15, 0.2) is 47.4 Å². The van der Waals surface area contributed by atoms with E-state index in [2.05, 4.69) is 4.98 Å². The summed E-state index contributed by atoms with van der Waals surface area (Å²) in [6, 6.07) is 11.5. The van der Waals surface area contributed by atoms with Crippen LogP contribution in [0.25, 0.3) is 27.7 Å². The highest BCUT2D eigenvalue weighted by Crippen LogP contribution is 2.39. The summed E-state index contributed by atoms with van der Waals surface area (Å²) in [6.45, 7) is 0. The van der Waals surface area contributed by atoms with Crippen molar-refractivity contribution in [2.45, 2.75) is 18.8 Å². The SMILES string of the molecule is Cn1c(=O)c2ccc(-c3ccc(N)nc3)cc2n2nc(C3CC3)cc12. The lowest BCUT2D eigenvalue weighted by atomic mass is 10.1. The molecule has 25 heavy (non-hydrogen) atoms. The largest absolute Gasteiger partial charge is 0.384 e. The number of rotatable bonds is 2. The summed E-state index contributed by atoms with van der Waals surface area (Å²) >= 11 is 0. The Kier molecular flexibility index (Phi) is 2.80. The number of nitrogens with two attached hydrogens (primary N) is 1. The van der Waals surface area contributed by atoms with E-state index in [0.29, 0.717) is 17.1 Å². The van der Waals surface area contributed by atoms with Gasteiger partial charge in [0.1, 0.15) is 11.5 Å². The monoisotopic (exact) mass is 331 g/mol. The van der Waals surface area contributed by atoms with Crippen LogP contribution in [-0.2, 0) is 7.05 Å². The number of nitrogen functional groups attached to an aromatic ring is 1. The van der Waals surface area contributed by atoms with E-state index in [9.17, 15) is 4.79 Å². The van der Waals surface area contributed by atoms with E-state index >= 15 is 0 Å². The van der Waals surface area contributed by atoms with Crippen LogP contribution in [0.2, 0.25) is 0 Å². The van der Waals surface area contributed by atoms with Gasteiger partial charge in [-0.1, -0.05) is 6.07 Å². The highest BCUT2D eigenvalue weighted by atomic mass is 16.1. The van der Waals surface area contributed by atoms with Crippen molar-refractivity contribution in [2.24, 2.45) is 7.05 Å². The summed E-state index contributed by atoms with van der Waals surface area (Å²) in [6.07, 6.45) is 4.10. The molecule has 0 spiro atoms. The molecule has 4 aromatic rings. The number of pyridine rings is 1. The molecule has 0 aliphatic heterocycles. The average Bonchev–Trinajstić information content (AvgIpc) is 3.38. The number of anilines is 1. The van der Waals surface area contributed by atoms with E-state index < -0.39 is 0 Å². The van der Waals surface area contributed by atoms with E-state index in [1.165, 1.54) is 12.8 Å². The van der Waals surface area contributed by atoms with Gasteiger partial charge in [0.25, 0.3) is 5.56 Å². The molecule has 5 rings (SSSR count). The molecule has 3 heterocycles. The van der Waals surface area contributed by atoms with Gasteiger partial charge in [-0.15, -0.1) is 0 Å². The van der Waals surface area contributed by atoms with Crippen LogP contribution >= 0.6 is 0 Å². The normalized spacial score (nSPS) is 14.4. The van der Waals surface area contributed by atoms with E-state index in [-0.39, 0.29) is 5.56 Å². The third kappa shape index (κ3) is 2.14. The summed E-state index contributed by atoms with van der Waals surface area (Å²) in [4.78, 5) is 16.9. The highest BCUT2D eigenvalue weighted by Gasteiger charge is 2.27. The molecule has 1 aliphatic carbocycles. The molecule has 1 saturated carbocycles. The summed E-state index contributed by atoms with van der Waals surface area (Å²) < 4.78 is 3.56. The summed E-state index contributed by atoms with van der Waals surface area (Å²) in [5, 5.41) is 5.43. The van der Waals surface area contributed by atoms with Crippen molar-refractivity contribution in [3.8, 4) is 11.1 Å². The van der Waals surface area contributed by atoms with Gasteiger partial charge in [-0.25, -0.2) is 9.50 Å². The number of nitrogens with zero attached hydrogens (tertiary/aromatic N) is 4. The fourth-order valence-electron chi connectivity index (χ4n) is 3.31. The van der Waals surface area contributed by atoms with Crippen LogP contribution in [0.4, 0.5) is 5.82 Å². The summed E-state index contributed by atoms with van der Waals surface area (Å²) in [5.74, 6) is 1.02. The maximum absolute atomic E-state index is 12.7. The molecule has 0 bridgehead atoms. The average molecular weight is 331 g/mol. The minimum Gasteiger partial charge on any atom is -0.384 e. The Labute approximate surface area is 143 Å². The predicted octanol–water partition coefficient (Wildman–Crippen LogP) is 2.71. The standard InChI is InChI=1S/C19H17N5O/c1-23-18-9-15(11-2-3-11)22-24(18)16-8-12(4-6-14(16)19(23)25)13-5-7-17(20)21-10-13/h4-11H,2-3H2,1H3,(H2,20,21). The van der Waals surface area contributed by atoms with Crippen molar-refractivity contribution in [3.63, 3.8) is 0 Å². The number of aromatic nitrogens is 4. The third-order valence-corrected chi connectivity index (χ3v) is 4.93. The summed E-state index contributed by atoms with van der Waals surface area (Å²) in [5.41, 5.74) is 10.3. The zero-order valence-corrected chi connectivity index (χ0v) is 13.8. The van der Waals surface area contributed by atoms with Gasteiger partial charge in [-0.05, 0) is 42.7 Å². The Balaban J connectivity index is 1.82. The van der Waals surface area contributed by atoms with E-state index in [0.717, 1.165) is 28.0 Å². The van der Waals surface area contributed by atoms with Crippen LogP contribution in [0.5, 0.6) is 0 Å². The molecule has 0 saturated heterocycles. The topological polar surface area (TPSA) is 78.2 Å². The van der Waals surface area contributed by atoms with Crippen molar-refractivity contribution in [3.05, 3.63) is 58.6 Å². The van der Waals surface area contributed by atoms with Crippen molar-refractivity contribution in [1.29, 1.82) is 0 Å². The molecule has 3 aromatic heterocycles. The van der Waals surface area contributed by atoms with Gasteiger partial charge in [0.2, 0.25) is 0 Å².